The van der Waals surface area contributed by atoms with Crippen molar-refractivity contribution in [2.75, 3.05) is 6.61 Å². The van der Waals surface area contributed by atoms with Gasteiger partial charge in [0.2, 0.25) is 5.91 Å². The number of nitrogens with one attached hydrogen (secondary N) is 2. The highest BCUT2D eigenvalue weighted by Gasteiger charge is 2.30. The summed E-state index contributed by atoms with van der Waals surface area (Å²) in [5.74, 6) is -1.07. The van der Waals surface area contributed by atoms with E-state index in [1.807, 2.05) is 48.5 Å². The largest absolute Gasteiger partial charge is 0.481 e. The summed E-state index contributed by atoms with van der Waals surface area (Å²) in [6, 6.07) is 15.4. The molecule has 2 unspecified atom stereocenters. The molecule has 1 aliphatic heterocycles. The first-order valence-electron chi connectivity index (χ1n) is 9.25. The van der Waals surface area contributed by atoms with Crippen molar-refractivity contribution in [2.24, 2.45) is 5.92 Å². The molecule has 1 aromatic heterocycles. The van der Waals surface area contributed by atoms with Crippen molar-refractivity contribution in [3.8, 4) is 0 Å². The van der Waals surface area contributed by atoms with Crippen molar-refractivity contribution in [3.05, 3.63) is 65.5 Å². The van der Waals surface area contributed by atoms with Crippen LogP contribution < -0.4 is 5.32 Å². The van der Waals surface area contributed by atoms with Crippen LogP contribution in [0, 0.1) is 5.92 Å². The van der Waals surface area contributed by atoms with Crippen molar-refractivity contribution in [1.29, 1.82) is 0 Å². The summed E-state index contributed by atoms with van der Waals surface area (Å²) in [6.07, 6.45) is 0.151. The maximum absolute atomic E-state index is 12.5. The van der Waals surface area contributed by atoms with Crippen LogP contribution in [0.1, 0.15) is 29.6 Å². The van der Waals surface area contributed by atoms with Crippen LogP contribution in [0.15, 0.2) is 48.5 Å². The zero-order valence-electron chi connectivity index (χ0n) is 15.2. The highest BCUT2D eigenvalue weighted by molar-refractivity contribution is 5.84. The Hall–Kier alpha value is -3.19. The summed E-state index contributed by atoms with van der Waals surface area (Å²) in [5.41, 5.74) is 3.68. The van der Waals surface area contributed by atoms with Crippen LogP contribution in [0.4, 0.5) is 0 Å². The highest BCUT2D eigenvalue weighted by Crippen LogP contribution is 2.27. The van der Waals surface area contributed by atoms with Gasteiger partial charge in [-0.3, -0.25) is 9.59 Å². The van der Waals surface area contributed by atoms with Crippen LogP contribution in [0.25, 0.3) is 11.0 Å². The van der Waals surface area contributed by atoms with Gasteiger partial charge in [0.25, 0.3) is 0 Å². The molecule has 144 valence electrons. The Kier molecular flexibility index (Phi) is 5.08. The van der Waals surface area contributed by atoms with Gasteiger partial charge in [0.05, 0.1) is 30.0 Å². The lowest BCUT2D eigenvalue weighted by molar-refractivity contribution is -0.142. The predicted molar refractivity (Wildman–Crippen MR) is 103 cm³/mol. The van der Waals surface area contributed by atoms with Crippen LogP contribution >= 0.6 is 0 Å². The number of hydrogen-bond acceptors (Lipinski definition) is 4. The van der Waals surface area contributed by atoms with Gasteiger partial charge in [-0.05, 0) is 24.1 Å². The molecule has 2 heterocycles. The average Bonchev–Trinajstić information content (AvgIpc) is 3.04. The van der Waals surface area contributed by atoms with Gasteiger partial charge >= 0.3 is 5.97 Å². The second-order valence-electron chi connectivity index (χ2n) is 6.91. The van der Waals surface area contributed by atoms with Crippen LogP contribution in [-0.2, 0) is 27.2 Å². The van der Waals surface area contributed by atoms with E-state index in [4.69, 9.17) is 9.84 Å². The fourth-order valence-corrected chi connectivity index (χ4v) is 3.56. The predicted octanol–water partition coefficient (Wildman–Crippen LogP) is 2.58. The van der Waals surface area contributed by atoms with Gasteiger partial charge in [-0.15, -0.1) is 0 Å². The Labute approximate surface area is 161 Å². The second kappa shape index (κ2) is 7.82. The van der Waals surface area contributed by atoms with Crippen molar-refractivity contribution >= 4 is 22.9 Å². The molecular weight excluding hydrogens is 358 g/mol. The van der Waals surface area contributed by atoms with Crippen molar-refractivity contribution in [2.45, 2.75) is 25.5 Å². The smallest absolute Gasteiger partial charge is 0.304 e. The van der Waals surface area contributed by atoms with Crippen LogP contribution in [-0.4, -0.2) is 33.6 Å². The number of carbonyl (C=O) groups excluding carboxylic acids is 1. The summed E-state index contributed by atoms with van der Waals surface area (Å²) in [5, 5.41) is 11.9. The number of fused-ring (bicyclic) bond motifs is 2. The lowest BCUT2D eigenvalue weighted by Gasteiger charge is -2.19. The monoisotopic (exact) mass is 379 g/mol. The normalized spacial score (nSPS) is 19.1. The molecule has 0 aliphatic carbocycles. The highest BCUT2D eigenvalue weighted by atomic mass is 16.5. The van der Waals surface area contributed by atoms with E-state index in [1.54, 1.807) is 0 Å². The Balaban J connectivity index is 1.47. The Morgan fingerprint density at radius 1 is 1.18 bits per heavy atom. The molecular formula is C21H21N3O4. The molecule has 0 bridgehead atoms. The third-order valence-corrected chi connectivity index (χ3v) is 4.93. The van der Waals surface area contributed by atoms with E-state index >= 15 is 0 Å². The standard InChI is InChI=1S/C21H21N3O4/c25-19(26)12-14-11-13-5-1-2-6-15(13)21(24-20(14)27)28-10-9-18-22-16-7-3-4-8-17(16)23-18/h1-8,14,21H,9-12H2,(H,22,23)(H,24,27)(H,25,26). The molecule has 0 radical (unpaired) electrons. The molecule has 0 saturated heterocycles. The second-order valence-corrected chi connectivity index (χ2v) is 6.91. The van der Waals surface area contributed by atoms with Gasteiger partial charge in [-0.25, -0.2) is 4.98 Å². The number of carbonyl (C=O) groups is 2. The van der Waals surface area contributed by atoms with E-state index in [-0.39, 0.29) is 12.3 Å². The minimum atomic E-state index is -0.984. The fraction of sp³-hybridized carbons (Fsp3) is 0.286. The van der Waals surface area contributed by atoms with E-state index < -0.39 is 18.1 Å². The zero-order valence-corrected chi connectivity index (χ0v) is 15.2. The van der Waals surface area contributed by atoms with E-state index in [0.29, 0.717) is 19.4 Å². The molecule has 1 aliphatic rings. The molecule has 0 fully saturated rings. The molecule has 3 aromatic rings. The number of ether oxygens (including phenoxy) is 1. The molecule has 4 rings (SSSR count). The number of carboxylic acids is 1. The molecule has 1 amide bonds. The first-order valence-corrected chi connectivity index (χ1v) is 9.25. The van der Waals surface area contributed by atoms with Gasteiger partial charge in [-0.2, -0.15) is 0 Å². The Morgan fingerprint density at radius 3 is 2.79 bits per heavy atom. The quantitative estimate of drug-likeness (QED) is 0.611. The minimum absolute atomic E-state index is 0.203. The van der Waals surface area contributed by atoms with Gasteiger partial charge in [0, 0.05) is 12.0 Å². The van der Waals surface area contributed by atoms with Gasteiger partial charge < -0.3 is 20.1 Å². The van der Waals surface area contributed by atoms with Crippen molar-refractivity contribution in [1.82, 2.24) is 15.3 Å². The number of imidazole rings is 1. The number of para-hydroxylation sites is 2. The molecule has 3 N–H and O–H groups in total. The maximum atomic E-state index is 12.5. The lowest BCUT2D eigenvalue weighted by atomic mass is 9.94. The fourth-order valence-electron chi connectivity index (χ4n) is 3.56. The molecule has 0 saturated carbocycles. The topological polar surface area (TPSA) is 104 Å². The third-order valence-electron chi connectivity index (χ3n) is 4.93. The molecule has 0 spiro atoms. The van der Waals surface area contributed by atoms with Crippen LogP contribution in [0.5, 0.6) is 0 Å². The van der Waals surface area contributed by atoms with E-state index in [9.17, 15) is 9.59 Å². The van der Waals surface area contributed by atoms with Gasteiger partial charge in [-0.1, -0.05) is 36.4 Å². The summed E-state index contributed by atoms with van der Waals surface area (Å²) in [7, 11) is 0. The number of hydrogen-bond donors (Lipinski definition) is 3. The lowest BCUT2D eigenvalue weighted by Crippen LogP contribution is -2.34. The molecule has 7 heteroatoms. The number of aliphatic carboxylic acids is 1. The minimum Gasteiger partial charge on any atom is -0.481 e. The number of rotatable bonds is 6. The number of H-pyrrole nitrogens is 1. The SMILES string of the molecule is O=C(O)CC1Cc2ccccc2C(OCCc2nc3ccccc3[nH]2)NC1=O. The molecule has 7 nitrogen and oxygen atoms in total. The van der Waals surface area contributed by atoms with Gasteiger partial charge in [0.15, 0.2) is 6.23 Å². The Bertz CT molecular complexity index is 981. The molecule has 28 heavy (non-hydrogen) atoms. The summed E-state index contributed by atoms with van der Waals surface area (Å²) >= 11 is 0. The van der Waals surface area contributed by atoms with E-state index in [2.05, 4.69) is 15.3 Å². The first kappa shape index (κ1) is 18.2. The van der Waals surface area contributed by atoms with Gasteiger partial charge in [0.1, 0.15) is 5.82 Å². The average molecular weight is 379 g/mol. The van der Waals surface area contributed by atoms with E-state index in [1.165, 1.54) is 0 Å². The Morgan fingerprint density at radius 2 is 1.96 bits per heavy atom. The molecule has 2 atom stereocenters. The number of amides is 1. The number of benzene rings is 2. The van der Waals surface area contributed by atoms with Crippen molar-refractivity contribution in [3.63, 3.8) is 0 Å². The summed E-state index contributed by atoms with van der Waals surface area (Å²) in [4.78, 5) is 31.4. The van der Waals surface area contributed by atoms with Crippen LogP contribution in [0.2, 0.25) is 0 Å². The summed E-state index contributed by atoms with van der Waals surface area (Å²) < 4.78 is 5.97. The van der Waals surface area contributed by atoms with E-state index in [0.717, 1.165) is 28.0 Å². The molecule has 2 aromatic carbocycles. The number of carboxylic acid groups (broad SMARTS) is 1. The third kappa shape index (κ3) is 3.89. The number of aromatic amines is 1. The van der Waals surface area contributed by atoms with Crippen molar-refractivity contribution < 1.29 is 19.4 Å². The zero-order chi connectivity index (χ0) is 19.5. The maximum Gasteiger partial charge on any atom is 0.304 e. The number of nitrogens with zero attached hydrogens (tertiary/aromatic N) is 1. The first-order chi connectivity index (χ1) is 13.6. The number of aromatic nitrogens is 2. The van der Waals surface area contributed by atoms with Crippen LogP contribution in [0.3, 0.4) is 0 Å². The summed E-state index contributed by atoms with van der Waals surface area (Å²) in [6.45, 7) is 0.364.